The van der Waals surface area contributed by atoms with Crippen molar-refractivity contribution in [2.75, 3.05) is 0 Å². The summed E-state index contributed by atoms with van der Waals surface area (Å²) >= 11 is 0. The molecule has 0 bridgehead atoms. The van der Waals surface area contributed by atoms with Crippen LogP contribution in [0.4, 0.5) is 4.39 Å². The number of carbonyl (C=O) groups excluding carboxylic acids is 1. The molecule has 1 radical (unpaired) electrons. The van der Waals surface area contributed by atoms with Crippen molar-refractivity contribution < 1.29 is 9.18 Å². The maximum absolute atomic E-state index is 12.8. The zero-order chi connectivity index (χ0) is 8.10. The van der Waals surface area contributed by atoms with Crippen LogP contribution in [0.2, 0.25) is 0 Å². The van der Waals surface area contributed by atoms with Gasteiger partial charge in [0.25, 0.3) is 0 Å². The van der Waals surface area contributed by atoms with Crippen molar-refractivity contribution in [1.82, 2.24) is 5.32 Å². The van der Waals surface area contributed by atoms with Crippen molar-refractivity contribution >= 4 is 6.41 Å². The first kappa shape index (κ1) is 7.72. The summed E-state index contributed by atoms with van der Waals surface area (Å²) in [6.45, 7) is 0. The molecule has 11 heavy (non-hydrogen) atoms. The van der Waals surface area contributed by atoms with Crippen LogP contribution in [0.1, 0.15) is 11.9 Å². The van der Waals surface area contributed by atoms with E-state index in [-0.39, 0.29) is 0 Å². The second kappa shape index (κ2) is 3.71. The number of halogens is 1. The average Bonchev–Trinajstić information content (AvgIpc) is 2.07. The van der Waals surface area contributed by atoms with Crippen LogP contribution in [0.25, 0.3) is 0 Å². The van der Waals surface area contributed by atoms with Crippen LogP contribution in [-0.4, -0.2) is 6.41 Å². The van der Waals surface area contributed by atoms with E-state index >= 15 is 0 Å². The number of hydrogen-bond acceptors (Lipinski definition) is 1. The summed E-state index contributed by atoms with van der Waals surface area (Å²) < 4.78 is 12.8. The molecule has 1 amide bonds. The van der Waals surface area contributed by atoms with Gasteiger partial charge in [0.1, 0.15) is 0 Å². The van der Waals surface area contributed by atoms with Crippen LogP contribution in [0, 0.1) is 0 Å². The van der Waals surface area contributed by atoms with Gasteiger partial charge in [0.05, 0.1) is 0 Å². The van der Waals surface area contributed by atoms with Gasteiger partial charge in [-0.05, 0) is 0 Å². The molecule has 1 rings (SSSR count). The summed E-state index contributed by atoms with van der Waals surface area (Å²) in [5.41, 5.74) is 0.427. The highest BCUT2D eigenvalue weighted by atomic mass is 19.1. The lowest BCUT2D eigenvalue weighted by molar-refractivity contribution is 0.315. The Morgan fingerprint density at radius 2 is 2.00 bits per heavy atom. The molecular weight excluding hydrogens is 145 g/mol. The van der Waals surface area contributed by atoms with Gasteiger partial charge in [-0.3, -0.25) is 4.79 Å². The Hall–Kier alpha value is -1.38. The third kappa shape index (κ3) is 2.04. The highest BCUT2D eigenvalue weighted by Gasteiger charge is 2.05. The molecule has 1 aromatic rings. The first-order chi connectivity index (χ1) is 5.34. The van der Waals surface area contributed by atoms with Crippen LogP contribution >= 0.6 is 0 Å². The molecule has 0 saturated carbocycles. The van der Waals surface area contributed by atoms with Crippen LogP contribution in [0.3, 0.4) is 0 Å². The summed E-state index contributed by atoms with van der Waals surface area (Å²) in [7, 11) is 0. The molecule has 1 N–H and O–H groups in total. The Bertz CT molecular complexity index is 225. The fraction of sp³-hybridized carbons (Fsp3) is 0.125. The van der Waals surface area contributed by atoms with E-state index in [0.717, 1.165) is 0 Å². The minimum atomic E-state index is -1.45. The Labute approximate surface area is 64.0 Å². The molecule has 0 aliphatic carbocycles. The lowest BCUT2D eigenvalue weighted by atomic mass is 10.2. The van der Waals surface area contributed by atoms with E-state index in [4.69, 9.17) is 0 Å². The van der Waals surface area contributed by atoms with Crippen molar-refractivity contribution in [3.05, 3.63) is 35.9 Å². The lowest BCUT2D eigenvalue weighted by Crippen LogP contribution is -2.14. The number of benzene rings is 1. The molecule has 0 fully saturated rings. The molecule has 3 heteroatoms. The third-order valence-corrected chi connectivity index (χ3v) is 1.28. The zero-order valence-corrected chi connectivity index (χ0v) is 5.75. The average molecular weight is 152 g/mol. The number of alkyl halides is 1. The van der Waals surface area contributed by atoms with Gasteiger partial charge in [-0.1, -0.05) is 30.3 Å². The van der Waals surface area contributed by atoms with Crippen molar-refractivity contribution in [1.29, 1.82) is 0 Å². The van der Waals surface area contributed by atoms with E-state index in [2.05, 4.69) is 0 Å². The predicted molar refractivity (Wildman–Crippen MR) is 39.1 cm³/mol. The predicted octanol–water partition coefficient (Wildman–Crippen LogP) is 1.31. The van der Waals surface area contributed by atoms with E-state index in [1.807, 2.05) is 5.32 Å². The first-order valence-corrected chi connectivity index (χ1v) is 3.16. The summed E-state index contributed by atoms with van der Waals surface area (Å²) in [6, 6.07) is 8.37. The Balaban J connectivity index is 2.68. The number of hydrogen-bond donors (Lipinski definition) is 1. The van der Waals surface area contributed by atoms with Gasteiger partial charge in [0.2, 0.25) is 0 Å². The van der Waals surface area contributed by atoms with E-state index < -0.39 is 6.30 Å². The Kier molecular flexibility index (Phi) is 2.60. The minimum Gasteiger partial charge on any atom is -0.314 e. The molecule has 0 saturated heterocycles. The molecule has 0 aliphatic rings. The van der Waals surface area contributed by atoms with Crippen LogP contribution < -0.4 is 5.32 Å². The van der Waals surface area contributed by atoms with E-state index in [0.29, 0.717) is 5.56 Å². The Morgan fingerprint density at radius 3 is 2.55 bits per heavy atom. The molecule has 57 valence electrons. The lowest BCUT2D eigenvalue weighted by Gasteiger charge is -2.04. The molecule has 0 spiro atoms. The summed E-state index contributed by atoms with van der Waals surface area (Å²) in [6.07, 6.45) is -0.159. The van der Waals surface area contributed by atoms with Gasteiger partial charge in [-0.15, -0.1) is 0 Å². The van der Waals surface area contributed by atoms with Crippen LogP contribution in [-0.2, 0) is 4.79 Å². The summed E-state index contributed by atoms with van der Waals surface area (Å²) in [4.78, 5) is 9.71. The fourth-order valence-corrected chi connectivity index (χ4v) is 0.757. The SMILES string of the molecule is O=[C]NC(F)c1ccccc1. The minimum absolute atomic E-state index is 0.427. The molecule has 1 atom stereocenters. The van der Waals surface area contributed by atoms with Crippen LogP contribution in [0.5, 0.6) is 0 Å². The quantitative estimate of drug-likeness (QED) is 0.513. The Morgan fingerprint density at radius 1 is 1.36 bits per heavy atom. The van der Waals surface area contributed by atoms with Gasteiger partial charge < -0.3 is 5.32 Å². The van der Waals surface area contributed by atoms with Gasteiger partial charge >= 0.3 is 6.41 Å². The topological polar surface area (TPSA) is 29.1 Å². The van der Waals surface area contributed by atoms with Crippen molar-refractivity contribution in [3.63, 3.8) is 0 Å². The van der Waals surface area contributed by atoms with Crippen LogP contribution in [0.15, 0.2) is 30.3 Å². The summed E-state index contributed by atoms with van der Waals surface area (Å²) in [5, 5.41) is 1.89. The largest absolute Gasteiger partial charge is 0.314 e. The van der Waals surface area contributed by atoms with E-state index in [1.54, 1.807) is 30.3 Å². The maximum Gasteiger partial charge on any atom is 0.311 e. The normalized spacial score (nSPS) is 12.1. The number of amides is 1. The monoisotopic (exact) mass is 152 g/mol. The highest BCUT2D eigenvalue weighted by Crippen LogP contribution is 2.11. The van der Waals surface area contributed by atoms with Gasteiger partial charge in [-0.25, -0.2) is 4.39 Å². The molecule has 0 heterocycles. The van der Waals surface area contributed by atoms with E-state index in [1.165, 1.54) is 6.41 Å². The standard InChI is InChI=1S/C8H7FNO/c9-8(10-6-11)7-4-2-1-3-5-7/h1-5,8H,(H,10,11). The number of rotatable bonds is 3. The van der Waals surface area contributed by atoms with Gasteiger partial charge in [0, 0.05) is 5.56 Å². The maximum atomic E-state index is 12.8. The molecule has 0 aliphatic heterocycles. The van der Waals surface area contributed by atoms with Crippen molar-refractivity contribution in [2.24, 2.45) is 0 Å². The highest BCUT2D eigenvalue weighted by molar-refractivity contribution is 5.48. The van der Waals surface area contributed by atoms with Crippen molar-refractivity contribution in [2.45, 2.75) is 6.30 Å². The first-order valence-electron chi connectivity index (χ1n) is 3.16. The third-order valence-electron chi connectivity index (χ3n) is 1.28. The molecule has 1 unspecified atom stereocenters. The van der Waals surface area contributed by atoms with Gasteiger partial charge in [0.15, 0.2) is 6.30 Å². The van der Waals surface area contributed by atoms with E-state index in [9.17, 15) is 9.18 Å². The fourth-order valence-electron chi connectivity index (χ4n) is 0.757. The molecule has 1 aromatic carbocycles. The number of nitrogens with one attached hydrogen (secondary N) is 1. The van der Waals surface area contributed by atoms with Crippen molar-refractivity contribution in [3.8, 4) is 0 Å². The molecule has 2 nitrogen and oxygen atoms in total. The molecule has 0 aromatic heterocycles. The second-order valence-electron chi connectivity index (χ2n) is 2.02. The zero-order valence-electron chi connectivity index (χ0n) is 5.75. The summed E-state index contributed by atoms with van der Waals surface area (Å²) in [5.74, 6) is 0. The second-order valence-corrected chi connectivity index (χ2v) is 2.02. The molecular formula is C8H7FNO. The smallest absolute Gasteiger partial charge is 0.311 e. The van der Waals surface area contributed by atoms with Gasteiger partial charge in [-0.2, -0.15) is 0 Å².